The van der Waals surface area contributed by atoms with E-state index >= 15 is 0 Å². The third-order valence-electron chi connectivity index (χ3n) is 4.76. The fourth-order valence-corrected chi connectivity index (χ4v) is 3.26. The van der Waals surface area contributed by atoms with E-state index in [1.165, 1.54) is 30.3 Å². The van der Waals surface area contributed by atoms with E-state index < -0.39 is 4.92 Å². The van der Waals surface area contributed by atoms with Crippen molar-refractivity contribution in [3.63, 3.8) is 0 Å². The first kappa shape index (κ1) is 18.5. The summed E-state index contributed by atoms with van der Waals surface area (Å²) in [5.41, 5.74) is 2.88. The Balaban J connectivity index is 1.47. The van der Waals surface area contributed by atoms with Crippen LogP contribution in [0.25, 0.3) is 17.4 Å². The quantitative estimate of drug-likeness (QED) is 0.380. The summed E-state index contributed by atoms with van der Waals surface area (Å²) < 4.78 is 18.6. The Morgan fingerprint density at radius 2 is 2.03 bits per heavy atom. The first-order chi connectivity index (χ1) is 14.0. The van der Waals surface area contributed by atoms with E-state index in [1.807, 2.05) is 0 Å². The smallest absolute Gasteiger partial charge is 0.270 e. The van der Waals surface area contributed by atoms with Crippen molar-refractivity contribution in [2.75, 3.05) is 6.54 Å². The van der Waals surface area contributed by atoms with Gasteiger partial charge in [0.1, 0.15) is 11.5 Å². The number of aromatic nitrogens is 1. The third kappa shape index (κ3) is 3.91. The Morgan fingerprint density at radius 1 is 1.24 bits per heavy atom. The summed E-state index contributed by atoms with van der Waals surface area (Å²) in [4.78, 5) is 24.5. The van der Waals surface area contributed by atoms with E-state index in [9.17, 15) is 19.3 Å². The van der Waals surface area contributed by atoms with Gasteiger partial charge in [-0.3, -0.25) is 14.9 Å². The number of rotatable bonds is 4. The van der Waals surface area contributed by atoms with E-state index in [-0.39, 0.29) is 17.4 Å². The summed E-state index contributed by atoms with van der Waals surface area (Å²) in [6, 6.07) is 12.1. The number of amides is 1. The lowest BCUT2D eigenvalue weighted by Gasteiger charge is -2.24. The van der Waals surface area contributed by atoms with Crippen LogP contribution >= 0.6 is 0 Å². The molecule has 1 aliphatic rings. The van der Waals surface area contributed by atoms with Crippen LogP contribution < -0.4 is 0 Å². The number of fused-ring (bicyclic) bond motifs is 1. The Bertz CT molecular complexity index is 1110. The molecule has 1 aliphatic heterocycles. The van der Waals surface area contributed by atoms with Crippen molar-refractivity contribution >= 4 is 17.7 Å². The molecule has 0 aliphatic carbocycles. The van der Waals surface area contributed by atoms with Gasteiger partial charge in [-0.15, -0.1) is 0 Å². The van der Waals surface area contributed by atoms with Crippen LogP contribution in [0.5, 0.6) is 0 Å². The number of nitrogens with zero attached hydrogens (tertiary/aromatic N) is 3. The van der Waals surface area contributed by atoms with Gasteiger partial charge in [-0.1, -0.05) is 17.3 Å². The molecule has 0 saturated heterocycles. The predicted molar refractivity (Wildman–Crippen MR) is 103 cm³/mol. The van der Waals surface area contributed by atoms with E-state index in [2.05, 4.69) is 5.16 Å². The number of halogens is 1. The maximum absolute atomic E-state index is 13.1. The average Bonchev–Trinajstić information content (AvgIpc) is 3.16. The van der Waals surface area contributed by atoms with Gasteiger partial charge in [0.15, 0.2) is 5.76 Å². The number of non-ortho nitro benzene ring substituents is 1. The summed E-state index contributed by atoms with van der Waals surface area (Å²) >= 11 is 0. The lowest BCUT2D eigenvalue weighted by Crippen LogP contribution is -2.34. The third-order valence-corrected chi connectivity index (χ3v) is 4.76. The fourth-order valence-electron chi connectivity index (χ4n) is 3.26. The van der Waals surface area contributed by atoms with Gasteiger partial charge in [-0.25, -0.2) is 4.39 Å². The molecule has 7 nitrogen and oxygen atoms in total. The highest BCUT2D eigenvalue weighted by Crippen LogP contribution is 2.30. The molecule has 0 spiro atoms. The zero-order chi connectivity index (χ0) is 20.4. The first-order valence-electron chi connectivity index (χ1n) is 8.96. The lowest BCUT2D eigenvalue weighted by molar-refractivity contribution is -0.384. The van der Waals surface area contributed by atoms with E-state index in [4.69, 9.17) is 4.52 Å². The van der Waals surface area contributed by atoms with Crippen LogP contribution in [0.2, 0.25) is 0 Å². The number of nitro groups is 1. The highest BCUT2D eigenvalue weighted by Gasteiger charge is 2.26. The highest BCUT2D eigenvalue weighted by atomic mass is 19.1. The normalized spacial score (nSPS) is 13.5. The largest absolute Gasteiger partial charge is 0.356 e. The van der Waals surface area contributed by atoms with Crippen molar-refractivity contribution in [3.05, 3.63) is 87.4 Å². The molecule has 0 fully saturated rings. The van der Waals surface area contributed by atoms with Gasteiger partial charge < -0.3 is 9.42 Å². The van der Waals surface area contributed by atoms with Crippen LogP contribution in [0.1, 0.15) is 16.8 Å². The van der Waals surface area contributed by atoms with Crippen molar-refractivity contribution in [3.8, 4) is 11.3 Å². The molecule has 0 unspecified atom stereocenters. The first-order valence-corrected chi connectivity index (χ1v) is 8.96. The number of hydrogen-bond donors (Lipinski definition) is 0. The molecule has 0 bridgehead atoms. The average molecular weight is 393 g/mol. The zero-order valence-corrected chi connectivity index (χ0v) is 15.2. The lowest BCUT2D eigenvalue weighted by atomic mass is 10.0. The van der Waals surface area contributed by atoms with Crippen molar-refractivity contribution in [1.82, 2.24) is 10.1 Å². The van der Waals surface area contributed by atoms with Crippen molar-refractivity contribution in [2.24, 2.45) is 0 Å². The topological polar surface area (TPSA) is 89.5 Å². The zero-order valence-electron chi connectivity index (χ0n) is 15.2. The number of benzene rings is 2. The standard InChI is InChI=1S/C21H16FN3O4/c22-16-7-5-15(6-8-16)21-18-10-11-24(13-19(18)23-29-21)20(26)9-4-14-2-1-3-17(12-14)25(27)28/h1-9,12H,10-11,13H2/b9-4+. The van der Waals surface area contributed by atoms with E-state index in [0.717, 1.165) is 11.1 Å². The van der Waals surface area contributed by atoms with Gasteiger partial charge in [0.05, 0.1) is 11.5 Å². The van der Waals surface area contributed by atoms with Crippen LogP contribution in [-0.2, 0) is 17.8 Å². The second kappa shape index (κ2) is 7.67. The van der Waals surface area contributed by atoms with Crippen LogP contribution in [0.4, 0.5) is 10.1 Å². The van der Waals surface area contributed by atoms with Gasteiger partial charge in [0.2, 0.25) is 5.91 Å². The molecule has 0 atom stereocenters. The van der Waals surface area contributed by atoms with Crippen LogP contribution in [-0.4, -0.2) is 27.4 Å². The Kier molecular flexibility index (Phi) is 4.90. The number of carbonyl (C=O) groups is 1. The molecule has 0 saturated carbocycles. The summed E-state index contributed by atoms with van der Waals surface area (Å²) in [5, 5.41) is 14.9. The maximum atomic E-state index is 13.1. The molecule has 29 heavy (non-hydrogen) atoms. The molecule has 3 aromatic rings. The molecule has 2 heterocycles. The molecule has 146 valence electrons. The van der Waals surface area contributed by atoms with Gasteiger partial charge in [0.25, 0.3) is 5.69 Å². The summed E-state index contributed by atoms with van der Waals surface area (Å²) in [6.07, 6.45) is 3.52. The monoisotopic (exact) mass is 393 g/mol. The minimum Gasteiger partial charge on any atom is -0.356 e. The summed E-state index contributed by atoms with van der Waals surface area (Å²) in [5.74, 6) is 0.0576. The Morgan fingerprint density at radius 3 is 2.79 bits per heavy atom. The fraction of sp³-hybridized carbons (Fsp3) is 0.143. The predicted octanol–water partition coefficient (Wildman–Crippen LogP) is 3.99. The highest BCUT2D eigenvalue weighted by molar-refractivity contribution is 5.92. The maximum Gasteiger partial charge on any atom is 0.270 e. The van der Waals surface area contributed by atoms with Crippen LogP contribution in [0, 0.1) is 15.9 Å². The second-order valence-corrected chi connectivity index (χ2v) is 6.64. The second-order valence-electron chi connectivity index (χ2n) is 6.64. The molecule has 0 radical (unpaired) electrons. The van der Waals surface area contributed by atoms with Crippen molar-refractivity contribution in [1.29, 1.82) is 0 Å². The Hall–Kier alpha value is -3.81. The summed E-state index contributed by atoms with van der Waals surface area (Å²) in [6.45, 7) is 0.790. The molecule has 0 N–H and O–H groups in total. The minimum absolute atomic E-state index is 0.0295. The Labute approximate surface area is 165 Å². The molecule has 8 heteroatoms. The molecular weight excluding hydrogens is 377 g/mol. The SMILES string of the molecule is O=C(/C=C/c1cccc([N+](=O)[O-])c1)N1CCc2c(noc2-c2ccc(F)cc2)C1. The van der Waals surface area contributed by atoms with E-state index in [0.29, 0.717) is 36.5 Å². The van der Waals surface area contributed by atoms with Gasteiger partial charge >= 0.3 is 0 Å². The minimum atomic E-state index is -0.478. The number of carbonyl (C=O) groups excluding carboxylic acids is 1. The van der Waals surface area contributed by atoms with Gasteiger partial charge in [-0.2, -0.15) is 0 Å². The summed E-state index contributed by atoms with van der Waals surface area (Å²) in [7, 11) is 0. The molecular formula is C21H16FN3O4. The van der Waals surface area contributed by atoms with Crippen LogP contribution in [0.3, 0.4) is 0 Å². The van der Waals surface area contributed by atoms with E-state index in [1.54, 1.807) is 35.2 Å². The van der Waals surface area contributed by atoms with Crippen molar-refractivity contribution in [2.45, 2.75) is 13.0 Å². The molecule has 4 rings (SSSR count). The molecule has 2 aromatic carbocycles. The van der Waals surface area contributed by atoms with Gasteiger partial charge in [0, 0.05) is 35.9 Å². The molecule has 1 aromatic heterocycles. The van der Waals surface area contributed by atoms with Crippen molar-refractivity contribution < 1.29 is 18.6 Å². The van der Waals surface area contributed by atoms with Gasteiger partial charge in [-0.05, 0) is 42.3 Å². The molecule has 1 amide bonds. The number of nitro benzene ring substituents is 1. The number of hydrogen-bond acceptors (Lipinski definition) is 5. The van der Waals surface area contributed by atoms with Crippen LogP contribution in [0.15, 0.2) is 59.1 Å².